The van der Waals surface area contributed by atoms with E-state index >= 15 is 0 Å². The number of benzene rings is 2. The largest absolute Gasteiger partial charge is 0.399 e. The van der Waals surface area contributed by atoms with Crippen molar-refractivity contribution in [2.75, 3.05) is 5.73 Å². The van der Waals surface area contributed by atoms with Crippen LogP contribution in [0.4, 0.5) is 11.4 Å². The first-order chi connectivity index (χ1) is 10.1. The van der Waals surface area contributed by atoms with Gasteiger partial charge in [0.1, 0.15) is 0 Å². The third-order valence-corrected chi connectivity index (χ3v) is 3.96. The van der Waals surface area contributed by atoms with Crippen LogP contribution < -0.4 is 5.73 Å². The minimum atomic E-state index is -0.366. The molecule has 3 aromatic rings. The Labute approximate surface area is 124 Å². The van der Waals surface area contributed by atoms with E-state index in [2.05, 4.69) is 9.97 Å². The van der Waals surface area contributed by atoms with E-state index in [1.165, 1.54) is 17.8 Å². The van der Waals surface area contributed by atoms with Crippen molar-refractivity contribution in [2.24, 2.45) is 0 Å². The van der Waals surface area contributed by atoms with Crippen LogP contribution in [0.25, 0.3) is 11.0 Å². The first kappa shape index (κ1) is 13.4. The van der Waals surface area contributed by atoms with Crippen LogP contribution >= 0.6 is 11.8 Å². The Kier molecular flexibility index (Phi) is 3.49. The molecule has 6 nitrogen and oxygen atoms in total. The topological polar surface area (TPSA) is 97.8 Å². The fourth-order valence-corrected chi connectivity index (χ4v) is 2.91. The van der Waals surface area contributed by atoms with Crippen LogP contribution in [-0.4, -0.2) is 14.9 Å². The van der Waals surface area contributed by atoms with Crippen molar-refractivity contribution in [3.05, 3.63) is 58.1 Å². The van der Waals surface area contributed by atoms with Gasteiger partial charge in [0, 0.05) is 23.1 Å². The third-order valence-electron chi connectivity index (χ3n) is 3.04. The maximum absolute atomic E-state index is 11.0. The van der Waals surface area contributed by atoms with Crippen LogP contribution in [0.15, 0.2) is 47.6 Å². The van der Waals surface area contributed by atoms with E-state index in [-0.39, 0.29) is 10.6 Å². The zero-order chi connectivity index (χ0) is 14.8. The molecule has 0 atom stereocenters. The highest BCUT2D eigenvalue weighted by atomic mass is 32.2. The van der Waals surface area contributed by atoms with Gasteiger partial charge < -0.3 is 10.7 Å². The van der Waals surface area contributed by atoms with Gasteiger partial charge in [-0.25, -0.2) is 4.98 Å². The zero-order valence-electron chi connectivity index (χ0n) is 10.9. The van der Waals surface area contributed by atoms with E-state index in [0.29, 0.717) is 22.2 Å². The summed E-state index contributed by atoms with van der Waals surface area (Å²) in [5.41, 5.74) is 8.88. The predicted molar refractivity (Wildman–Crippen MR) is 83.2 cm³/mol. The SMILES string of the molecule is Nc1ccc2nc(SCc3ccccc3[N+](=O)[O-])[nH]c2c1. The molecule has 1 heterocycles. The van der Waals surface area contributed by atoms with Crippen LogP contribution in [0, 0.1) is 10.1 Å². The Balaban J connectivity index is 1.82. The first-order valence-electron chi connectivity index (χ1n) is 6.24. The predicted octanol–water partition coefficient (Wildman–Crippen LogP) is 3.35. The maximum atomic E-state index is 11.0. The number of hydrogen-bond acceptors (Lipinski definition) is 5. The van der Waals surface area contributed by atoms with Gasteiger partial charge in [0.05, 0.1) is 16.0 Å². The number of H-pyrrole nitrogens is 1. The second-order valence-electron chi connectivity index (χ2n) is 4.49. The number of aromatic amines is 1. The van der Waals surface area contributed by atoms with Gasteiger partial charge in [-0.2, -0.15) is 0 Å². The second-order valence-corrected chi connectivity index (χ2v) is 5.46. The van der Waals surface area contributed by atoms with Crippen LogP contribution in [0.2, 0.25) is 0 Å². The summed E-state index contributed by atoms with van der Waals surface area (Å²) in [5.74, 6) is 0.479. The molecule has 0 unspecified atom stereocenters. The van der Waals surface area contributed by atoms with E-state index < -0.39 is 0 Å². The average molecular weight is 300 g/mol. The number of para-hydroxylation sites is 1. The summed E-state index contributed by atoms with van der Waals surface area (Å²) in [4.78, 5) is 18.2. The number of nitrogens with zero attached hydrogens (tertiary/aromatic N) is 2. The van der Waals surface area contributed by atoms with Gasteiger partial charge in [0.15, 0.2) is 5.16 Å². The van der Waals surface area contributed by atoms with Gasteiger partial charge in [0.2, 0.25) is 0 Å². The fourth-order valence-electron chi connectivity index (χ4n) is 2.03. The number of nitrogens with two attached hydrogens (primary N) is 1. The van der Waals surface area contributed by atoms with E-state index in [0.717, 1.165) is 11.0 Å². The Bertz CT molecular complexity index is 816. The van der Waals surface area contributed by atoms with Crippen molar-refractivity contribution in [2.45, 2.75) is 10.9 Å². The van der Waals surface area contributed by atoms with Gasteiger partial charge in [-0.3, -0.25) is 10.1 Å². The van der Waals surface area contributed by atoms with Gasteiger partial charge in [0.25, 0.3) is 5.69 Å². The number of thioether (sulfide) groups is 1. The van der Waals surface area contributed by atoms with E-state index in [9.17, 15) is 10.1 Å². The molecule has 0 spiro atoms. The number of aromatic nitrogens is 2. The molecule has 106 valence electrons. The molecule has 0 aliphatic rings. The van der Waals surface area contributed by atoms with Gasteiger partial charge in [-0.1, -0.05) is 30.0 Å². The summed E-state index contributed by atoms with van der Waals surface area (Å²) in [5, 5.41) is 11.7. The monoisotopic (exact) mass is 300 g/mol. The minimum Gasteiger partial charge on any atom is -0.399 e. The molecular weight excluding hydrogens is 288 g/mol. The van der Waals surface area contributed by atoms with Gasteiger partial charge >= 0.3 is 0 Å². The van der Waals surface area contributed by atoms with E-state index in [1.807, 2.05) is 12.1 Å². The Hall–Kier alpha value is -2.54. The lowest BCUT2D eigenvalue weighted by molar-refractivity contribution is -0.385. The number of nitrogens with one attached hydrogen (secondary N) is 1. The lowest BCUT2D eigenvalue weighted by Gasteiger charge is -2.00. The molecule has 0 saturated heterocycles. The zero-order valence-corrected chi connectivity index (χ0v) is 11.8. The van der Waals surface area contributed by atoms with Crippen LogP contribution in [0.3, 0.4) is 0 Å². The Morgan fingerprint density at radius 3 is 2.90 bits per heavy atom. The fraction of sp³-hybridized carbons (Fsp3) is 0.0714. The normalized spacial score (nSPS) is 10.9. The molecule has 0 aliphatic carbocycles. The average Bonchev–Trinajstić information content (AvgIpc) is 2.87. The number of rotatable bonds is 4. The van der Waals surface area contributed by atoms with E-state index in [4.69, 9.17) is 5.73 Å². The summed E-state index contributed by atoms with van der Waals surface area (Å²) in [7, 11) is 0. The molecule has 3 rings (SSSR count). The summed E-state index contributed by atoms with van der Waals surface area (Å²) in [6, 6.07) is 12.2. The molecule has 0 bridgehead atoms. The molecule has 0 saturated carbocycles. The first-order valence-corrected chi connectivity index (χ1v) is 7.22. The maximum Gasteiger partial charge on any atom is 0.273 e. The van der Waals surface area contributed by atoms with E-state index in [1.54, 1.807) is 24.3 Å². The molecule has 0 aliphatic heterocycles. The van der Waals surface area contributed by atoms with Crippen LogP contribution in [0.1, 0.15) is 5.56 Å². The number of fused-ring (bicyclic) bond motifs is 1. The highest BCUT2D eigenvalue weighted by Crippen LogP contribution is 2.27. The standard InChI is InChI=1S/C14H12N4O2S/c15-10-5-6-11-12(7-10)17-14(16-11)21-8-9-3-1-2-4-13(9)18(19)20/h1-7H,8,15H2,(H,16,17). The molecule has 21 heavy (non-hydrogen) atoms. The molecule has 0 radical (unpaired) electrons. The number of anilines is 1. The molecule has 7 heteroatoms. The molecule has 1 aromatic heterocycles. The number of nitro benzene ring substituents is 1. The van der Waals surface area contributed by atoms with Crippen molar-refractivity contribution in [3.63, 3.8) is 0 Å². The number of nitrogen functional groups attached to an aromatic ring is 1. The molecule has 3 N–H and O–H groups in total. The lowest BCUT2D eigenvalue weighted by Crippen LogP contribution is -1.93. The smallest absolute Gasteiger partial charge is 0.273 e. The van der Waals surface area contributed by atoms with Crippen molar-refractivity contribution >= 4 is 34.2 Å². The summed E-state index contributed by atoms with van der Waals surface area (Å²) in [6.07, 6.45) is 0. The third kappa shape index (κ3) is 2.82. The van der Waals surface area contributed by atoms with Gasteiger partial charge in [-0.15, -0.1) is 0 Å². The number of nitro groups is 1. The highest BCUT2D eigenvalue weighted by Gasteiger charge is 2.13. The minimum absolute atomic E-state index is 0.130. The van der Waals surface area contributed by atoms with Gasteiger partial charge in [-0.05, 0) is 18.2 Å². The quantitative estimate of drug-likeness (QED) is 0.333. The summed E-state index contributed by atoms with van der Waals surface area (Å²) >= 11 is 1.42. The summed E-state index contributed by atoms with van der Waals surface area (Å²) in [6.45, 7) is 0. The number of hydrogen-bond donors (Lipinski definition) is 2. The van der Waals surface area contributed by atoms with Crippen molar-refractivity contribution in [3.8, 4) is 0 Å². The Morgan fingerprint density at radius 2 is 2.10 bits per heavy atom. The molecule has 0 fully saturated rings. The van der Waals surface area contributed by atoms with Crippen molar-refractivity contribution in [1.29, 1.82) is 0 Å². The highest BCUT2D eigenvalue weighted by molar-refractivity contribution is 7.98. The molecule has 2 aromatic carbocycles. The molecular formula is C14H12N4O2S. The lowest BCUT2D eigenvalue weighted by atomic mass is 10.2. The molecule has 0 amide bonds. The second kappa shape index (κ2) is 5.45. The summed E-state index contributed by atoms with van der Waals surface area (Å²) < 4.78 is 0. The van der Waals surface area contributed by atoms with Crippen LogP contribution in [-0.2, 0) is 5.75 Å². The van der Waals surface area contributed by atoms with Crippen molar-refractivity contribution < 1.29 is 4.92 Å². The Morgan fingerprint density at radius 1 is 1.29 bits per heavy atom. The number of imidazole rings is 1. The van der Waals surface area contributed by atoms with Crippen LogP contribution in [0.5, 0.6) is 0 Å². The van der Waals surface area contributed by atoms with Crippen molar-refractivity contribution in [1.82, 2.24) is 9.97 Å².